The van der Waals surface area contributed by atoms with E-state index < -0.39 is 0 Å². The van der Waals surface area contributed by atoms with Crippen molar-refractivity contribution in [2.24, 2.45) is 0 Å². The fourth-order valence-electron chi connectivity index (χ4n) is 3.45. The predicted molar refractivity (Wildman–Crippen MR) is 89.9 cm³/mol. The van der Waals surface area contributed by atoms with E-state index in [1.807, 2.05) is 0 Å². The number of rotatable bonds is 4. The molecule has 3 rings (SSSR count). The van der Waals surface area contributed by atoms with E-state index in [4.69, 9.17) is 0 Å². The summed E-state index contributed by atoms with van der Waals surface area (Å²) in [5, 5.41) is 1.49. The first-order valence-corrected chi connectivity index (χ1v) is 8.59. The Labute approximate surface area is 137 Å². The fourth-order valence-corrected chi connectivity index (χ4v) is 3.45. The van der Waals surface area contributed by atoms with E-state index in [9.17, 15) is 9.59 Å². The van der Waals surface area contributed by atoms with Gasteiger partial charge in [0.1, 0.15) is 0 Å². The second-order valence-corrected chi connectivity index (χ2v) is 6.50. The van der Waals surface area contributed by atoms with Crippen LogP contribution >= 0.6 is 0 Å². The number of carbonyl (C=O) groups excluding carboxylic acids is 2. The van der Waals surface area contributed by atoms with Gasteiger partial charge in [-0.3, -0.25) is 20.0 Å². The van der Waals surface area contributed by atoms with Crippen LogP contribution in [0.25, 0.3) is 0 Å². The number of carbonyl (C=O) groups is 2. The number of piperidine rings is 1. The maximum absolute atomic E-state index is 12.2. The van der Waals surface area contributed by atoms with Crippen LogP contribution in [0.4, 0.5) is 5.69 Å². The molecule has 5 heteroatoms. The van der Waals surface area contributed by atoms with E-state index in [0.717, 1.165) is 25.7 Å². The summed E-state index contributed by atoms with van der Waals surface area (Å²) in [5.74, 6) is -0.0446. The molecule has 0 bridgehead atoms. The molecule has 1 atom stereocenters. The molecule has 0 spiro atoms. The van der Waals surface area contributed by atoms with E-state index in [1.54, 1.807) is 0 Å². The van der Waals surface area contributed by atoms with Crippen molar-refractivity contribution in [1.29, 1.82) is 0 Å². The number of anilines is 1. The summed E-state index contributed by atoms with van der Waals surface area (Å²) in [4.78, 5) is 26.3. The molecule has 124 valence electrons. The van der Waals surface area contributed by atoms with Crippen molar-refractivity contribution in [3.8, 4) is 0 Å². The number of para-hydroxylation sites is 1. The first-order valence-electron chi connectivity index (χ1n) is 8.59. The number of fused-ring (bicyclic) bond motifs is 1. The number of nitrogens with zero attached hydrogens (tertiary/aromatic N) is 2. The summed E-state index contributed by atoms with van der Waals surface area (Å²) >= 11 is 0. The lowest BCUT2D eigenvalue weighted by atomic mass is 9.96. The summed E-state index contributed by atoms with van der Waals surface area (Å²) in [6.45, 7) is 3.53. The number of amides is 2. The molecule has 5 nitrogen and oxygen atoms in total. The summed E-state index contributed by atoms with van der Waals surface area (Å²) in [5.41, 5.74) is 5.37. The van der Waals surface area contributed by atoms with Crippen LogP contribution in [0, 0.1) is 0 Å². The van der Waals surface area contributed by atoms with Crippen LogP contribution in [0.2, 0.25) is 0 Å². The molecule has 0 aliphatic carbocycles. The van der Waals surface area contributed by atoms with Crippen LogP contribution in [0.3, 0.4) is 0 Å². The zero-order chi connectivity index (χ0) is 16.2. The molecule has 0 unspecified atom stereocenters. The van der Waals surface area contributed by atoms with E-state index in [1.165, 1.54) is 16.3 Å². The molecule has 2 heterocycles. The van der Waals surface area contributed by atoms with Crippen LogP contribution in [0.5, 0.6) is 0 Å². The van der Waals surface area contributed by atoms with E-state index in [-0.39, 0.29) is 11.8 Å². The van der Waals surface area contributed by atoms with Crippen molar-refractivity contribution in [1.82, 2.24) is 10.4 Å². The van der Waals surface area contributed by atoms with E-state index >= 15 is 0 Å². The zero-order valence-corrected chi connectivity index (χ0v) is 13.8. The number of aryl methyl sites for hydroxylation is 1. The van der Waals surface area contributed by atoms with Gasteiger partial charge in [-0.2, -0.15) is 0 Å². The van der Waals surface area contributed by atoms with Gasteiger partial charge in [-0.15, -0.1) is 0 Å². The molecule has 0 saturated carbocycles. The van der Waals surface area contributed by atoms with Crippen molar-refractivity contribution in [2.75, 3.05) is 18.0 Å². The van der Waals surface area contributed by atoms with Crippen LogP contribution in [-0.4, -0.2) is 36.0 Å². The predicted octanol–water partition coefficient (Wildman–Crippen LogP) is 2.26. The van der Waals surface area contributed by atoms with Gasteiger partial charge in [-0.05, 0) is 44.2 Å². The normalized spacial score (nSPS) is 21.1. The van der Waals surface area contributed by atoms with Gasteiger partial charge >= 0.3 is 0 Å². The quantitative estimate of drug-likeness (QED) is 0.927. The van der Waals surface area contributed by atoms with Crippen LogP contribution in [0.1, 0.15) is 44.6 Å². The van der Waals surface area contributed by atoms with Crippen LogP contribution in [0.15, 0.2) is 24.3 Å². The van der Waals surface area contributed by atoms with E-state index in [2.05, 4.69) is 41.5 Å². The Bertz CT molecular complexity index is 587. The molecule has 1 N–H and O–H groups in total. The topological polar surface area (TPSA) is 52.7 Å². The van der Waals surface area contributed by atoms with Crippen molar-refractivity contribution < 1.29 is 9.59 Å². The third-order valence-corrected chi connectivity index (χ3v) is 4.83. The maximum Gasteiger partial charge on any atom is 0.240 e. The Balaban J connectivity index is 1.57. The van der Waals surface area contributed by atoms with Gasteiger partial charge in [0.25, 0.3) is 0 Å². The SMILES string of the molecule is C[C@H]1CCc2ccccc2N1CCC(=O)NN1CCCCC1=O. The second-order valence-electron chi connectivity index (χ2n) is 6.50. The number of benzene rings is 1. The molecule has 2 aliphatic rings. The first-order chi connectivity index (χ1) is 11.1. The Morgan fingerprint density at radius 3 is 2.91 bits per heavy atom. The minimum absolute atomic E-state index is 0.0290. The van der Waals surface area contributed by atoms with E-state index in [0.29, 0.717) is 32.0 Å². The minimum atomic E-state index is -0.0736. The van der Waals surface area contributed by atoms with Crippen molar-refractivity contribution >= 4 is 17.5 Å². The number of nitrogens with one attached hydrogen (secondary N) is 1. The molecule has 1 saturated heterocycles. The van der Waals surface area contributed by atoms with Gasteiger partial charge in [0, 0.05) is 37.7 Å². The molecular formula is C18H25N3O2. The molecular weight excluding hydrogens is 290 g/mol. The average molecular weight is 315 g/mol. The minimum Gasteiger partial charge on any atom is -0.368 e. The van der Waals surface area contributed by atoms with Gasteiger partial charge in [0.15, 0.2) is 0 Å². The standard InChI is InChI=1S/C18H25N3O2/c1-14-9-10-15-6-2-3-7-16(15)20(14)13-11-17(22)19-21-12-5-4-8-18(21)23/h2-3,6-7,14H,4-5,8-13H2,1H3,(H,19,22)/t14-/m0/s1. The highest BCUT2D eigenvalue weighted by Crippen LogP contribution is 2.30. The first kappa shape index (κ1) is 15.8. The van der Waals surface area contributed by atoms with Gasteiger partial charge in [0.05, 0.1) is 0 Å². The van der Waals surface area contributed by atoms with Gasteiger partial charge < -0.3 is 4.90 Å². The summed E-state index contributed by atoms with van der Waals surface area (Å²) in [6.07, 6.45) is 5.04. The molecule has 1 aromatic carbocycles. The average Bonchev–Trinajstić information content (AvgIpc) is 2.56. The highest BCUT2D eigenvalue weighted by molar-refractivity contribution is 5.82. The Morgan fingerprint density at radius 2 is 2.09 bits per heavy atom. The monoisotopic (exact) mass is 315 g/mol. The molecule has 1 aromatic rings. The number of hydrazine groups is 1. The molecule has 0 aromatic heterocycles. The van der Waals surface area contributed by atoms with Gasteiger partial charge in [-0.1, -0.05) is 18.2 Å². The summed E-state index contributed by atoms with van der Waals surface area (Å²) in [6, 6.07) is 8.87. The smallest absolute Gasteiger partial charge is 0.240 e. The highest BCUT2D eigenvalue weighted by atomic mass is 16.2. The third kappa shape index (κ3) is 3.66. The van der Waals surface area contributed by atoms with Crippen molar-refractivity contribution in [3.05, 3.63) is 29.8 Å². The maximum atomic E-state index is 12.2. The summed E-state index contributed by atoms with van der Waals surface area (Å²) in [7, 11) is 0. The Kier molecular flexibility index (Phi) is 4.84. The third-order valence-electron chi connectivity index (χ3n) is 4.83. The highest BCUT2D eigenvalue weighted by Gasteiger charge is 2.24. The van der Waals surface area contributed by atoms with Gasteiger partial charge in [0.2, 0.25) is 11.8 Å². The van der Waals surface area contributed by atoms with Crippen molar-refractivity contribution in [3.63, 3.8) is 0 Å². The largest absolute Gasteiger partial charge is 0.368 e. The molecule has 1 fully saturated rings. The van der Waals surface area contributed by atoms with Crippen molar-refractivity contribution in [2.45, 2.75) is 51.5 Å². The Morgan fingerprint density at radius 1 is 1.26 bits per heavy atom. The van der Waals surface area contributed by atoms with Crippen LogP contribution < -0.4 is 10.3 Å². The fraction of sp³-hybridized carbons (Fsp3) is 0.556. The van der Waals surface area contributed by atoms with Crippen LogP contribution in [-0.2, 0) is 16.0 Å². The molecule has 2 amide bonds. The molecule has 0 radical (unpaired) electrons. The lowest BCUT2D eigenvalue weighted by Gasteiger charge is -2.37. The molecule has 2 aliphatic heterocycles. The lowest BCUT2D eigenvalue weighted by molar-refractivity contribution is -0.143. The summed E-state index contributed by atoms with van der Waals surface area (Å²) < 4.78 is 0. The Hall–Kier alpha value is -2.04. The molecule has 23 heavy (non-hydrogen) atoms. The second kappa shape index (κ2) is 7.02. The lowest BCUT2D eigenvalue weighted by Crippen LogP contribution is -2.49. The number of hydrogen-bond donors (Lipinski definition) is 1. The zero-order valence-electron chi connectivity index (χ0n) is 13.8. The number of hydrogen-bond acceptors (Lipinski definition) is 3. The van der Waals surface area contributed by atoms with Gasteiger partial charge in [-0.25, -0.2) is 0 Å².